The molecule has 55 heavy (non-hydrogen) atoms. The van der Waals surface area contributed by atoms with Crippen molar-refractivity contribution in [2.24, 2.45) is 11.8 Å². The molecule has 4 aromatic carbocycles. The average Bonchev–Trinajstić information content (AvgIpc) is 3.49. The molecule has 0 amide bonds. The SMILES string of the molecule is CC1(C)c2ccccc2N2c3ccc(N4C5=C(C=CC6C=CC=CC64)CCC=C5)cc3C(C)(C)c3cc(N4c5ccccc5C=CC5C=CC=CC54)cc1c32. The second-order valence-corrected chi connectivity index (χ2v) is 17.2. The van der Waals surface area contributed by atoms with E-state index in [-0.39, 0.29) is 28.8 Å². The molecule has 0 N–H and O–H groups in total. The number of allylic oxidation sites excluding steroid dienone is 8. The molecule has 3 aliphatic carbocycles. The van der Waals surface area contributed by atoms with Crippen LogP contribution in [0.2, 0.25) is 0 Å². The molecule has 4 aliphatic heterocycles. The lowest BCUT2D eigenvalue weighted by molar-refractivity contribution is 0.594. The van der Waals surface area contributed by atoms with Crippen molar-refractivity contribution in [3.05, 3.63) is 197 Å². The zero-order chi connectivity index (χ0) is 37.1. The zero-order valence-corrected chi connectivity index (χ0v) is 32.2. The number of fused-ring (bicyclic) bond motifs is 7. The van der Waals surface area contributed by atoms with E-state index in [1.807, 2.05) is 0 Å². The van der Waals surface area contributed by atoms with Crippen molar-refractivity contribution < 1.29 is 0 Å². The van der Waals surface area contributed by atoms with E-state index in [9.17, 15) is 0 Å². The van der Waals surface area contributed by atoms with Gasteiger partial charge in [-0.15, -0.1) is 0 Å². The molecule has 11 rings (SSSR count). The summed E-state index contributed by atoms with van der Waals surface area (Å²) in [6.07, 6.45) is 34.8. The maximum atomic E-state index is 2.63. The topological polar surface area (TPSA) is 9.72 Å². The van der Waals surface area contributed by atoms with E-state index >= 15 is 0 Å². The Kier molecular flexibility index (Phi) is 7.03. The van der Waals surface area contributed by atoms with Crippen LogP contribution in [0.15, 0.2) is 169 Å². The van der Waals surface area contributed by atoms with Gasteiger partial charge in [-0.1, -0.05) is 143 Å². The minimum Gasteiger partial charge on any atom is -0.333 e. The van der Waals surface area contributed by atoms with Gasteiger partial charge in [0.15, 0.2) is 0 Å². The molecule has 4 atom stereocenters. The van der Waals surface area contributed by atoms with E-state index in [4.69, 9.17) is 0 Å². The van der Waals surface area contributed by atoms with Gasteiger partial charge >= 0.3 is 0 Å². The average molecular weight is 714 g/mol. The third-order valence-corrected chi connectivity index (χ3v) is 13.5. The molecule has 0 fully saturated rings. The van der Waals surface area contributed by atoms with Gasteiger partial charge in [0.2, 0.25) is 0 Å². The second kappa shape index (κ2) is 11.8. The molecule has 7 aliphatic rings. The van der Waals surface area contributed by atoms with Crippen LogP contribution in [0.1, 0.15) is 68.4 Å². The summed E-state index contributed by atoms with van der Waals surface area (Å²) in [5, 5.41) is 0. The van der Waals surface area contributed by atoms with E-state index < -0.39 is 0 Å². The first-order chi connectivity index (χ1) is 26.8. The third-order valence-electron chi connectivity index (χ3n) is 13.5. The number of benzene rings is 4. The molecule has 4 unspecified atom stereocenters. The van der Waals surface area contributed by atoms with E-state index in [0.29, 0.717) is 5.92 Å². The quantitative estimate of drug-likeness (QED) is 0.205. The van der Waals surface area contributed by atoms with Crippen LogP contribution in [0.25, 0.3) is 6.08 Å². The van der Waals surface area contributed by atoms with Gasteiger partial charge < -0.3 is 14.7 Å². The Bertz CT molecular complexity index is 2550. The van der Waals surface area contributed by atoms with Crippen molar-refractivity contribution in [2.45, 2.75) is 63.5 Å². The monoisotopic (exact) mass is 713 g/mol. The molecule has 0 saturated carbocycles. The second-order valence-electron chi connectivity index (χ2n) is 17.2. The molecular weight excluding hydrogens is 667 g/mol. The Morgan fingerprint density at radius 1 is 0.527 bits per heavy atom. The highest BCUT2D eigenvalue weighted by atomic mass is 15.2. The Morgan fingerprint density at radius 3 is 1.93 bits per heavy atom. The summed E-state index contributed by atoms with van der Waals surface area (Å²) in [4.78, 5) is 7.85. The summed E-state index contributed by atoms with van der Waals surface area (Å²) >= 11 is 0. The summed E-state index contributed by atoms with van der Waals surface area (Å²) in [6, 6.07) is 30.8. The molecule has 4 heterocycles. The molecule has 0 aromatic heterocycles. The highest BCUT2D eigenvalue weighted by Crippen LogP contribution is 2.62. The van der Waals surface area contributed by atoms with Gasteiger partial charge in [0, 0.05) is 45.4 Å². The van der Waals surface area contributed by atoms with Crippen LogP contribution in [-0.2, 0) is 10.8 Å². The fraction of sp³-hybridized carbons (Fsp3) is 0.231. The van der Waals surface area contributed by atoms with Gasteiger partial charge in [0.1, 0.15) is 0 Å². The lowest BCUT2D eigenvalue weighted by Gasteiger charge is -2.50. The van der Waals surface area contributed by atoms with Crippen LogP contribution in [-0.4, -0.2) is 12.1 Å². The molecular formula is C52H47N3. The van der Waals surface area contributed by atoms with Gasteiger partial charge in [-0.2, -0.15) is 0 Å². The Hall–Kier alpha value is -5.80. The van der Waals surface area contributed by atoms with Crippen molar-refractivity contribution in [3.8, 4) is 0 Å². The summed E-state index contributed by atoms with van der Waals surface area (Å²) in [7, 11) is 0. The maximum absolute atomic E-state index is 2.63. The van der Waals surface area contributed by atoms with Gasteiger partial charge in [0.25, 0.3) is 0 Å². The first-order valence-corrected chi connectivity index (χ1v) is 20.2. The lowest BCUT2D eigenvalue weighted by atomic mass is 9.66. The van der Waals surface area contributed by atoms with Crippen LogP contribution in [0.3, 0.4) is 0 Å². The number of hydrogen-bond acceptors (Lipinski definition) is 3. The minimum atomic E-state index is -0.291. The van der Waals surface area contributed by atoms with Gasteiger partial charge in [-0.3, -0.25) is 0 Å². The molecule has 270 valence electrons. The number of para-hydroxylation sites is 2. The van der Waals surface area contributed by atoms with E-state index in [1.54, 1.807) is 0 Å². The van der Waals surface area contributed by atoms with Crippen molar-refractivity contribution in [1.82, 2.24) is 0 Å². The van der Waals surface area contributed by atoms with E-state index in [1.165, 1.54) is 73.2 Å². The smallest absolute Gasteiger partial charge is 0.0623 e. The fourth-order valence-corrected chi connectivity index (χ4v) is 10.6. The molecule has 3 nitrogen and oxygen atoms in total. The number of anilines is 6. The van der Waals surface area contributed by atoms with Crippen LogP contribution < -0.4 is 14.7 Å². The molecule has 0 bridgehead atoms. The predicted octanol–water partition coefficient (Wildman–Crippen LogP) is 12.8. The normalized spacial score (nSPS) is 25.3. The summed E-state index contributed by atoms with van der Waals surface area (Å²) in [5.74, 6) is 0.587. The predicted molar refractivity (Wildman–Crippen MR) is 231 cm³/mol. The van der Waals surface area contributed by atoms with Crippen molar-refractivity contribution >= 4 is 40.2 Å². The largest absolute Gasteiger partial charge is 0.333 e. The van der Waals surface area contributed by atoms with Crippen LogP contribution in [0, 0.1) is 11.8 Å². The molecule has 3 heteroatoms. The van der Waals surface area contributed by atoms with Gasteiger partial charge in [0.05, 0.1) is 29.1 Å². The standard InChI is InChI=1S/C52H47N3/c1-51(2)40-19-9-14-24-48(40)55-49-30-29-38(53-44-20-10-5-15-34(44)25-26-35-16-6-11-21-45(35)53)31-41(49)52(3,4)43-33-39(32-42(51)50(43)55)54-46-22-12-7-17-36(46)27-28-37-18-8-13-23-47(37)54/h5,7-15,17-34,36,44,46H,6,16H2,1-4H3. The molecule has 4 aromatic rings. The number of nitrogens with zero attached hydrogens (tertiary/aromatic N) is 3. The summed E-state index contributed by atoms with van der Waals surface area (Å²) in [5.41, 5.74) is 16.7. The minimum absolute atomic E-state index is 0.170. The van der Waals surface area contributed by atoms with E-state index in [0.717, 1.165) is 12.8 Å². The molecule has 0 spiro atoms. The highest BCUT2D eigenvalue weighted by Gasteiger charge is 2.47. The Morgan fingerprint density at radius 2 is 1.15 bits per heavy atom. The van der Waals surface area contributed by atoms with E-state index in [2.05, 4.69) is 206 Å². The fourth-order valence-electron chi connectivity index (χ4n) is 10.6. The van der Waals surface area contributed by atoms with Gasteiger partial charge in [-0.05, 0) is 94.8 Å². The van der Waals surface area contributed by atoms with Crippen LogP contribution in [0.4, 0.5) is 34.1 Å². The van der Waals surface area contributed by atoms with Gasteiger partial charge in [-0.25, -0.2) is 0 Å². The summed E-state index contributed by atoms with van der Waals surface area (Å²) < 4.78 is 0. The lowest BCUT2D eigenvalue weighted by Crippen LogP contribution is -2.41. The first-order valence-electron chi connectivity index (χ1n) is 20.2. The third kappa shape index (κ3) is 4.68. The highest BCUT2D eigenvalue weighted by molar-refractivity contribution is 5.95. The number of rotatable bonds is 2. The summed E-state index contributed by atoms with van der Waals surface area (Å²) in [6.45, 7) is 9.78. The van der Waals surface area contributed by atoms with Crippen LogP contribution in [0.5, 0.6) is 0 Å². The first kappa shape index (κ1) is 32.6. The maximum Gasteiger partial charge on any atom is 0.0623 e. The van der Waals surface area contributed by atoms with Crippen molar-refractivity contribution in [1.29, 1.82) is 0 Å². The van der Waals surface area contributed by atoms with Crippen LogP contribution >= 0.6 is 0 Å². The molecule has 0 saturated heterocycles. The Balaban J connectivity index is 1.15. The van der Waals surface area contributed by atoms with Crippen molar-refractivity contribution in [2.75, 3.05) is 14.7 Å². The zero-order valence-electron chi connectivity index (χ0n) is 32.2. The number of hydrogen-bond donors (Lipinski definition) is 0. The van der Waals surface area contributed by atoms with Crippen molar-refractivity contribution in [3.63, 3.8) is 0 Å². The molecule has 0 radical (unpaired) electrons. The Labute approximate surface area is 326 Å².